The Morgan fingerprint density at radius 1 is 1.44 bits per heavy atom. The Labute approximate surface area is 109 Å². The summed E-state index contributed by atoms with van der Waals surface area (Å²) in [5, 5.41) is 15.9. The van der Waals surface area contributed by atoms with Crippen LogP contribution in [0.2, 0.25) is 0 Å². The van der Waals surface area contributed by atoms with Crippen LogP contribution in [0.15, 0.2) is 0 Å². The van der Waals surface area contributed by atoms with Gasteiger partial charge in [0.05, 0.1) is 13.6 Å². The summed E-state index contributed by atoms with van der Waals surface area (Å²) in [6.07, 6.45) is 0. The molecule has 1 aliphatic rings. The second-order valence-electron chi connectivity index (χ2n) is 6.18. The van der Waals surface area contributed by atoms with Crippen molar-refractivity contribution in [3.63, 3.8) is 0 Å². The third-order valence-electron chi connectivity index (χ3n) is 3.52. The van der Waals surface area contributed by atoms with Gasteiger partial charge < -0.3 is 5.32 Å². The zero-order valence-corrected chi connectivity index (χ0v) is 12.0. The fourth-order valence-electron chi connectivity index (χ4n) is 2.59. The lowest BCUT2D eigenvalue weighted by molar-refractivity contribution is 0.0605. The molecule has 0 amide bonds. The van der Waals surface area contributed by atoms with Crippen LogP contribution >= 0.6 is 0 Å². The van der Waals surface area contributed by atoms with Gasteiger partial charge in [-0.05, 0) is 25.0 Å². The van der Waals surface area contributed by atoms with Crippen molar-refractivity contribution in [2.75, 3.05) is 13.1 Å². The van der Waals surface area contributed by atoms with Crippen LogP contribution in [0.3, 0.4) is 0 Å². The van der Waals surface area contributed by atoms with Crippen LogP contribution in [-0.2, 0) is 13.6 Å². The van der Waals surface area contributed by atoms with Crippen LogP contribution in [0.1, 0.15) is 33.5 Å². The Bertz CT molecular complexity index is 397. The van der Waals surface area contributed by atoms with E-state index in [0.29, 0.717) is 12.0 Å². The standard InChI is InChI=1S/C12H24N6/c1-9(2)10-6-13-12(3,4)8-18(10)7-11-14-16-17(5)15-11/h9-10,13H,6-8H2,1-5H3. The summed E-state index contributed by atoms with van der Waals surface area (Å²) in [6.45, 7) is 11.8. The minimum absolute atomic E-state index is 0.146. The van der Waals surface area contributed by atoms with Crippen LogP contribution in [0.5, 0.6) is 0 Å². The molecular weight excluding hydrogens is 228 g/mol. The second-order valence-corrected chi connectivity index (χ2v) is 6.18. The van der Waals surface area contributed by atoms with Crippen LogP contribution < -0.4 is 5.32 Å². The van der Waals surface area contributed by atoms with Crippen molar-refractivity contribution in [3.8, 4) is 0 Å². The van der Waals surface area contributed by atoms with Gasteiger partial charge in [-0.15, -0.1) is 10.2 Å². The first kappa shape index (κ1) is 13.4. The van der Waals surface area contributed by atoms with E-state index in [0.717, 1.165) is 25.5 Å². The number of hydrogen-bond donors (Lipinski definition) is 1. The molecule has 102 valence electrons. The molecular formula is C12H24N6. The zero-order valence-electron chi connectivity index (χ0n) is 12.0. The average Bonchev–Trinajstić information content (AvgIpc) is 2.62. The lowest BCUT2D eigenvalue weighted by Gasteiger charge is -2.45. The molecule has 1 unspecified atom stereocenters. The highest BCUT2D eigenvalue weighted by Crippen LogP contribution is 2.21. The summed E-state index contributed by atoms with van der Waals surface area (Å²) in [4.78, 5) is 3.99. The molecule has 1 aromatic rings. The fraction of sp³-hybridized carbons (Fsp3) is 0.917. The topological polar surface area (TPSA) is 58.9 Å². The second kappa shape index (κ2) is 4.93. The third-order valence-corrected chi connectivity index (χ3v) is 3.52. The molecule has 1 aromatic heterocycles. The molecule has 0 bridgehead atoms. The summed E-state index contributed by atoms with van der Waals surface area (Å²) >= 11 is 0. The largest absolute Gasteiger partial charge is 0.309 e. The molecule has 1 aliphatic heterocycles. The molecule has 0 radical (unpaired) electrons. The molecule has 6 heteroatoms. The molecule has 18 heavy (non-hydrogen) atoms. The number of nitrogens with one attached hydrogen (secondary N) is 1. The minimum Gasteiger partial charge on any atom is -0.309 e. The van der Waals surface area contributed by atoms with E-state index in [2.05, 4.69) is 53.3 Å². The van der Waals surface area contributed by atoms with Crippen LogP contribution in [0, 0.1) is 5.92 Å². The number of aromatic nitrogens is 4. The number of tetrazole rings is 1. The SMILES string of the molecule is CC(C)C1CNC(C)(C)CN1Cc1nnn(C)n1. The lowest BCUT2D eigenvalue weighted by atomic mass is 9.93. The quantitative estimate of drug-likeness (QED) is 0.845. The van der Waals surface area contributed by atoms with Gasteiger partial charge in [-0.1, -0.05) is 13.8 Å². The molecule has 1 fully saturated rings. The molecule has 6 nitrogen and oxygen atoms in total. The van der Waals surface area contributed by atoms with Crippen molar-refractivity contribution in [3.05, 3.63) is 5.82 Å². The van der Waals surface area contributed by atoms with E-state index in [9.17, 15) is 0 Å². The molecule has 0 spiro atoms. The smallest absolute Gasteiger partial charge is 0.188 e. The van der Waals surface area contributed by atoms with Crippen LogP contribution in [0.4, 0.5) is 0 Å². The van der Waals surface area contributed by atoms with Gasteiger partial charge in [0.25, 0.3) is 0 Å². The highest BCUT2D eigenvalue weighted by molar-refractivity contribution is 4.95. The van der Waals surface area contributed by atoms with Gasteiger partial charge in [-0.3, -0.25) is 4.90 Å². The molecule has 0 aliphatic carbocycles. The van der Waals surface area contributed by atoms with Gasteiger partial charge in [0.2, 0.25) is 0 Å². The van der Waals surface area contributed by atoms with Gasteiger partial charge in [0.1, 0.15) is 0 Å². The van der Waals surface area contributed by atoms with E-state index >= 15 is 0 Å². The minimum atomic E-state index is 0.146. The fourth-order valence-corrected chi connectivity index (χ4v) is 2.59. The summed E-state index contributed by atoms with van der Waals surface area (Å²) in [5.74, 6) is 1.42. The maximum Gasteiger partial charge on any atom is 0.188 e. The van der Waals surface area contributed by atoms with E-state index in [1.165, 1.54) is 4.80 Å². The summed E-state index contributed by atoms with van der Waals surface area (Å²) in [5.41, 5.74) is 0.146. The lowest BCUT2D eigenvalue weighted by Crippen LogP contribution is -2.62. The molecule has 2 heterocycles. The van der Waals surface area contributed by atoms with E-state index in [1.54, 1.807) is 7.05 Å². The van der Waals surface area contributed by atoms with Gasteiger partial charge >= 0.3 is 0 Å². The normalized spacial score (nSPS) is 24.7. The Morgan fingerprint density at radius 3 is 2.72 bits per heavy atom. The van der Waals surface area contributed by atoms with E-state index in [-0.39, 0.29) is 5.54 Å². The summed E-state index contributed by atoms with van der Waals surface area (Å²) in [7, 11) is 1.80. The van der Waals surface area contributed by atoms with Crippen molar-refractivity contribution >= 4 is 0 Å². The maximum absolute atomic E-state index is 4.28. The number of aryl methyl sites for hydroxylation is 1. The van der Waals surface area contributed by atoms with Crippen LogP contribution in [0.25, 0.3) is 0 Å². The number of piperazine rings is 1. The van der Waals surface area contributed by atoms with E-state index in [1.807, 2.05) is 0 Å². The average molecular weight is 252 g/mol. The Morgan fingerprint density at radius 2 is 2.17 bits per heavy atom. The zero-order chi connectivity index (χ0) is 13.3. The van der Waals surface area contributed by atoms with Gasteiger partial charge in [-0.25, -0.2) is 0 Å². The van der Waals surface area contributed by atoms with E-state index in [4.69, 9.17) is 0 Å². The maximum atomic E-state index is 4.28. The highest BCUT2D eigenvalue weighted by atomic mass is 15.6. The van der Waals surface area contributed by atoms with Crippen molar-refractivity contribution in [1.82, 2.24) is 30.4 Å². The number of hydrogen-bond acceptors (Lipinski definition) is 5. The van der Waals surface area contributed by atoms with E-state index < -0.39 is 0 Å². The van der Waals surface area contributed by atoms with Gasteiger partial charge in [0.15, 0.2) is 5.82 Å². The van der Waals surface area contributed by atoms with Gasteiger partial charge in [0, 0.05) is 24.7 Å². The predicted molar refractivity (Wildman–Crippen MR) is 69.9 cm³/mol. The number of rotatable bonds is 3. The van der Waals surface area contributed by atoms with Crippen molar-refractivity contribution < 1.29 is 0 Å². The van der Waals surface area contributed by atoms with Crippen molar-refractivity contribution in [2.45, 2.75) is 45.8 Å². The van der Waals surface area contributed by atoms with Crippen LogP contribution in [-0.4, -0.2) is 49.8 Å². The third kappa shape index (κ3) is 3.05. The Hall–Kier alpha value is -1.01. The Balaban J connectivity index is 2.10. The first-order valence-electron chi connectivity index (χ1n) is 6.59. The number of nitrogens with zero attached hydrogens (tertiary/aromatic N) is 5. The molecule has 1 saturated heterocycles. The predicted octanol–water partition coefficient (Wildman–Crippen LogP) is 0.419. The molecule has 0 aromatic carbocycles. The van der Waals surface area contributed by atoms with Crippen molar-refractivity contribution in [1.29, 1.82) is 0 Å². The highest BCUT2D eigenvalue weighted by Gasteiger charge is 2.34. The molecule has 1 N–H and O–H groups in total. The Kier molecular flexibility index (Phi) is 3.68. The molecule has 1 atom stereocenters. The molecule has 2 rings (SSSR count). The first-order chi connectivity index (χ1) is 8.37. The summed E-state index contributed by atoms with van der Waals surface area (Å²) in [6, 6.07) is 0.529. The summed E-state index contributed by atoms with van der Waals surface area (Å²) < 4.78 is 0. The molecule has 0 saturated carbocycles. The van der Waals surface area contributed by atoms with Gasteiger partial charge in [-0.2, -0.15) is 4.80 Å². The first-order valence-corrected chi connectivity index (χ1v) is 6.59. The monoisotopic (exact) mass is 252 g/mol. The van der Waals surface area contributed by atoms with Crippen molar-refractivity contribution in [2.24, 2.45) is 13.0 Å².